The Bertz CT molecular complexity index is 261. The number of hydrogen-bond donors (Lipinski definition) is 0. The van der Waals surface area contributed by atoms with Crippen LogP contribution in [0.25, 0.3) is 0 Å². The van der Waals surface area contributed by atoms with Crippen molar-refractivity contribution in [2.75, 3.05) is 13.2 Å². The van der Waals surface area contributed by atoms with Gasteiger partial charge in [0.05, 0.1) is 18.9 Å². The molecule has 0 radical (unpaired) electrons. The first-order valence-corrected chi connectivity index (χ1v) is 5.34. The minimum absolute atomic E-state index is 0.252. The minimum atomic E-state index is 0.252. The van der Waals surface area contributed by atoms with E-state index in [0.717, 1.165) is 10.4 Å². The van der Waals surface area contributed by atoms with Gasteiger partial charge in [-0.3, -0.25) is 0 Å². The van der Waals surface area contributed by atoms with Crippen molar-refractivity contribution >= 4 is 15.9 Å². The number of halogens is 1. The van der Waals surface area contributed by atoms with Crippen molar-refractivity contribution in [2.45, 2.75) is 20.0 Å². The molecule has 78 valence electrons. The van der Waals surface area contributed by atoms with Crippen LogP contribution < -0.4 is 4.74 Å². The molecule has 0 bridgehead atoms. The molecule has 14 heavy (non-hydrogen) atoms. The van der Waals surface area contributed by atoms with Crippen molar-refractivity contribution in [3.8, 4) is 5.75 Å². The Labute approximate surface area is 92.6 Å². The molecular weight excluding hydrogens is 246 g/mol. The van der Waals surface area contributed by atoms with Gasteiger partial charge in [-0.05, 0) is 41.9 Å². The van der Waals surface area contributed by atoms with Gasteiger partial charge in [0.1, 0.15) is 17.0 Å². The summed E-state index contributed by atoms with van der Waals surface area (Å²) in [5.41, 5.74) is 0. The maximum atomic E-state index is 5.40. The van der Waals surface area contributed by atoms with Crippen molar-refractivity contribution in [3.05, 3.63) is 22.9 Å². The Morgan fingerprint density at radius 3 is 2.71 bits per heavy atom. The third-order valence-electron chi connectivity index (χ3n) is 1.50. The van der Waals surface area contributed by atoms with Crippen LogP contribution in [0.5, 0.6) is 5.75 Å². The normalized spacial score (nSPS) is 10.6. The average molecular weight is 260 g/mol. The van der Waals surface area contributed by atoms with Crippen molar-refractivity contribution in [1.82, 2.24) is 4.98 Å². The second-order valence-corrected chi connectivity index (χ2v) is 3.90. The summed E-state index contributed by atoms with van der Waals surface area (Å²) in [6.07, 6.45) is 1.93. The van der Waals surface area contributed by atoms with Gasteiger partial charge >= 0.3 is 0 Å². The van der Waals surface area contributed by atoms with Gasteiger partial charge in [0.25, 0.3) is 0 Å². The molecule has 0 N–H and O–H groups in total. The van der Waals surface area contributed by atoms with E-state index in [9.17, 15) is 0 Å². The molecule has 1 aromatic rings. The highest BCUT2D eigenvalue weighted by atomic mass is 79.9. The standard InChI is InChI=1S/C10H14BrNO2/c1-8(2)13-5-6-14-9-3-4-10(11)12-7-9/h3-4,7-8H,5-6H2,1-2H3. The van der Waals surface area contributed by atoms with Crippen LogP contribution in [-0.4, -0.2) is 24.3 Å². The molecule has 0 aliphatic heterocycles. The van der Waals surface area contributed by atoms with Crippen molar-refractivity contribution < 1.29 is 9.47 Å². The number of rotatable bonds is 5. The molecule has 0 saturated carbocycles. The van der Waals surface area contributed by atoms with Gasteiger partial charge in [0.2, 0.25) is 0 Å². The first-order chi connectivity index (χ1) is 6.68. The molecular formula is C10H14BrNO2. The van der Waals surface area contributed by atoms with E-state index in [2.05, 4.69) is 20.9 Å². The first-order valence-electron chi connectivity index (χ1n) is 4.54. The van der Waals surface area contributed by atoms with Crippen LogP contribution in [0.1, 0.15) is 13.8 Å². The van der Waals surface area contributed by atoms with Crippen LogP contribution in [0.15, 0.2) is 22.9 Å². The summed E-state index contributed by atoms with van der Waals surface area (Å²) in [6.45, 7) is 5.16. The van der Waals surface area contributed by atoms with Crippen LogP contribution in [0.3, 0.4) is 0 Å². The van der Waals surface area contributed by atoms with Crippen LogP contribution in [0.4, 0.5) is 0 Å². The van der Waals surface area contributed by atoms with Crippen molar-refractivity contribution in [3.63, 3.8) is 0 Å². The fraction of sp³-hybridized carbons (Fsp3) is 0.500. The van der Waals surface area contributed by atoms with E-state index in [4.69, 9.17) is 9.47 Å². The number of nitrogens with zero attached hydrogens (tertiary/aromatic N) is 1. The van der Waals surface area contributed by atoms with Crippen molar-refractivity contribution in [2.24, 2.45) is 0 Å². The minimum Gasteiger partial charge on any atom is -0.490 e. The highest BCUT2D eigenvalue weighted by Gasteiger charge is 1.96. The third-order valence-corrected chi connectivity index (χ3v) is 1.97. The molecule has 0 atom stereocenters. The Morgan fingerprint density at radius 1 is 1.36 bits per heavy atom. The second kappa shape index (κ2) is 5.98. The fourth-order valence-corrected chi connectivity index (χ4v) is 1.13. The quantitative estimate of drug-likeness (QED) is 0.602. The Kier molecular flexibility index (Phi) is 4.90. The van der Waals surface area contributed by atoms with Gasteiger partial charge < -0.3 is 9.47 Å². The van der Waals surface area contributed by atoms with Gasteiger partial charge in [0.15, 0.2) is 0 Å². The molecule has 3 nitrogen and oxygen atoms in total. The summed E-state index contributed by atoms with van der Waals surface area (Å²) < 4.78 is 11.5. The number of hydrogen-bond acceptors (Lipinski definition) is 3. The Morgan fingerprint density at radius 2 is 2.14 bits per heavy atom. The topological polar surface area (TPSA) is 31.4 Å². The largest absolute Gasteiger partial charge is 0.490 e. The molecule has 1 rings (SSSR count). The van der Waals surface area contributed by atoms with Gasteiger partial charge in [-0.25, -0.2) is 4.98 Å². The zero-order valence-electron chi connectivity index (χ0n) is 8.37. The van der Waals surface area contributed by atoms with E-state index in [1.807, 2.05) is 26.0 Å². The summed E-state index contributed by atoms with van der Waals surface area (Å²) >= 11 is 3.25. The molecule has 0 aromatic carbocycles. The van der Waals surface area contributed by atoms with Crippen molar-refractivity contribution in [1.29, 1.82) is 0 Å². The summed E-state index contributed by atoms with van der Waals surface area (Å²) in [4.78, 5) is 4.04. The molecule has 0 fully saturated rings. The highest BCUT2D eigenvalue weighted by molar-refractivity contribution is 9.10. The second-order valence-electron chi connectivity index (χ2n) is 3.08. The van der Waals surface area contributed by atoms with Gasteiger partial charge in [-0.2, -0.15) is 0 Å². The van der Waals surface area contributed by atoms with Crippen LogP contribution in [-0.2, 0) is 4.74 Å². The number of ether oxygens (including phenoxy) is 2. The Balaban J connectivity index is 2.21. The molecule has 0 aliphatic rings. The van der Waals surface area contributed by atoms with E-state index in [1.54, 1.807) is 6.20 Å². The molecule has 0 spiro atoms. The predicted molar refractivity (Wildman–Crippen MR) is 58.5 cm³/mol. The van der Waals surface area contributed by atoms with Crippen LogP contribution >= 0.6 is 15.9 Å². The zero-order chi connectivity index (χ0) is 10.4. The highest BCUT2D eigenvalue weighted by Crippen LogP contribution is 2.12. The molecule has 1 heterocycles. The predicted octanol–water partition coefficient (Wildman–Crippen LogP) is 2.65. The fourth-order valence-electron chi connectivity index (χ4n) is 0.891. The van der Waals surface area contributed by atoms with Gasteiger partial charge in [-0.1, -0.05) is 0 Å². The molecule has 0 saturated heterocycles. The number of pyridine rings is 1. The lowest BCUT2D eigenvalue weighted by Crippen LogP contribution is -2.11. The maximum absolute atomic E-state index is 5.40. The van der Waals surface area contributed by atoms with Gasteiger partial charge in [-0.15, -0.1) is 0 Å². The SMILES string of the molecule is CC(C)OCCOc1ccc(Br)nc1. The van der Waals surface area contributed by atoms with Crippen LogP contribution in [0, 0.1) is 0 Å². The first kappa shape index (κ1) is 11.5. The summed E-state index contributed by atoms with van der Waals surface area (Å²) in [5, 5.41) is 0. The van der Waals surface area contributed by atoms with E-state index < -0.39 is 0 Å². The van der Waals surface area contributed by atoms with Crippen LogP contribution in [0.2, 0.25) is 0 Å². The lowest BCUT2D eigenvalue weighted by atomic mass is 10.5. The van der Waals surface area contributed by atoms with E-state index in [1.165, 1.54) is 0 Å². The molecule has 1 aromatic heterocycles. The molecule has 0 unspecified atom stereocenters. The summed E-state index contributed by atoms with van der Waals surface area (Å²) in [6, 6.07) is 3.71. The van der Waals surface area contributed by atoms with E-state index in [-0.39, 0.29) is 6.10 Å². The molecule has 0 amide bonds. The zero-order valence-corrected chi connectivity index (χ0v) is 9.95. The lowest BCUT2D eigenvalue weighted by Gasteiger charge is -2.08. The maximum Gasteiger partial charge on any atom is 0.137 e. The third kappa shape index (κ3) is 4.58. The summed E-state index contributed by atoms with van der Waals surface area (Å²) in [5.74, 6) is 0.764. The molecule has 0 aliphatic carbocycles. The smallest absolute Gasteiger partial charge is 0.137 e. The average Bonchev–Trinajstić information content (AvgIpc) is 2.15. The number of aromatic nitrogens is 1. The summed E-state index contributed by atoms with van der Waals surface area (Å²) in [7, 11) is 0. The van der Waals surface area contributed by atoms with Gasteiger partial charge in [0, 0.05) is 0 Å². The molecule has 4 heteroatoms. The van der Waals surface area contributed by atoms with E-state index in [0.29, 0.717) is 13.2 Å². The lowest BCUT2D eigenvalue weighted by molar-refractivity contribution is 0.0552. The van der Waals surface area contributed by atoms with E-state index >= 15 is 0 Å². The Hall–Kier alpha value is -0.610. The monoisotopic (exact) mass is 259 g/mol.